The van der Waals surface area contributed by atoms with Crippen LogP contribution >= 0.6 is 0 Å². The van der Waals surface area contributed by atoms with Crippen molar-refractivity contribution in [3.05, 3.63) is 33.9 Å². The number of nitrogens with one attached hydrogen (secondary N) is 2. The minimum atomic E-state index is -0.570. The Kier molecular flexibility index (Phi) is 5.66. The van der Waals surface area contributed by atoms with Crippen LogP contribution < -0.4 is 10.6 Å². The molecule has 0 saturated heterocycles. The summed E-state index contributed by atoms with van der Waals surface area (Å²) in [5.74, 6) is -0.378. The number of para-hydroxylation sites is 1. The summed E-state index contributed by atoms with van der Waals surface area (Å²) in [7, 11) is 1.55. The lowest BCUT2D eigenvalue weighted by molar-refractivity contribution is -0.384. The fourth-order valence-corrected chi connectivity index (χ4v) is 2.02. The molecule has 0 heterocycles. The number of anilines is 1. The van der Waals surface area contributed by atoms with Gasteiger partial charge >= 0.3 is 0 Å². The minimum absolute atomic E-state index is 0.117. The first-order valence-electron chi connectivity index (χ1n) is 6.65. The molecule has 0 fully saturated rings. The van der Waals surface area contributed by atoms with Crippen molar-refractivity contribution >= 4 is 17.3 Å². The number of carbonyl (C=O) groups is 1. The number of nitro benzene ring substituents is 1. The van der Waals surface area contributed by atoms with E-state index in [-0.39, 0.29) is 22.8 Å². The first-order valence-corrected chi connectivity index (χ1v) is 6.65. The zero-order chi connectivity index (χ0) is 16.0. The van der Waals surface area contributed by atoms with Crippen LogP contribution in [0.15, 0.2) is 18.2 Å². The SMILES string of the molecule is CCNc1c(C(=O)NC(C)(C)COC)cccc1[N+](=O)[O-]. The van der Waals surface area contributed by atoms with Crippen molar-refractivity contribution in [3.63, 3.8) is 0 Å². The standard InChI is InChI=1S/C14H21N3O4/c1-5-15-12-10(7-6-8-11(12)17(19)20)13(18)16-14(2,3)9-21-4/h6-8,15H,5,9H2,1-4H3,(H,16,18). The van der Waals surface area contributed by atoms with Crippen LogP contribution in [0.3, 0.4) is 0 Å². The molecular formula is C14H21N3O4. The Hall–Kier alpha value is -2.15. The maximum absolute atomic E-state index is 12.4. The zero-order valence-electron chi connectivity index (χ0n) is 12.7. The Morgan fingerprint density at radius 1 is 1.43 bits per heavy atom. The van der Waals surface area contributed by atoms with E-state index in [9.17, 15) is 14.9 Å². The van der Waals surface area contributed by atoms with E-state index in [2.05, 4.69) is 10.6 Å². The number of methoxy groups -OCH3 is 1. The Balaban J connectivity index is 3.14. The molecule has 0 atom stereocenters. The quantitative estimate of drug-likeness (QED) is 0.594. The number of amides is 1. The first-order chi connectivity index (χ1) is 9.82. The molecule has 0 aliphatic heterocycles. The second kappa shape index (κ2) is 7.03. The molecule has 1 aromatic rings. The lowest BCUT2D eigenvalue weighted by Gasteiger charge is -2.25. The summed E-state index contributed by atoms with van der Waals surface area (Å²) in [6.07, 6.45) is 0. The normalized spacial score (nSPS) is 11.0. The predicted octanol–water partition coefficient (Wildman–Crippen LogP) is 2.18. The average Bonchev–Trinajstić information content (AvgIpc) is 2.38. The number of hydrogen-bond acceptors (Lipinski definition) is 5. The third kappa shape index (κ3) is 4.42. The summed E-state index contributed by atoms with van der Waals surface area (Å²) in [5.41, 5.74) is -0.208. The van der Waals surface area contributed by atoms with Gasteiger partial charge in [-0.25, -0.2) is 0 Å². The van der Waals surface area contributed by atoms with Crippen LogP contribution in [0.2, 0.25) is 0 Å². The van der Waals surface area contributed by atoms with E-state index in [4.69, 9.17) is 4.74 Å². The smallest absolute Gasteiger partial charge is 0.293 e. The van der Waals surface area contributed by atoms with Gasteiger partial charge in [-0.1, -0.05) is 6.07 Å². The summed E-state index contributed by atoms with van der Waals surface area (Å²) in [6.45, 7) is 6.27. The van der Waals surface area contributed by atoms with E-state index in [1.807, 2.05) is 20.8 Å². The topological polar surface area (TPSA) is 93.5 Å². The molecule has 1 rings (SSSR count). The molecule has 7 nitrogen and oxygen atoms in total. The molecule has 7 heteroatoms. The van der Waals surface area contributed by atoms with E-state index < -0.39 is 10.5 Å². The van der Waals surface area contributed by atoms with Gasteiger partial charge in [0.2, 0.25) is 0 Å². The van der Waals surface area contributed by atoms with Crippen LogP contribution in [0.4, 0.5) is 11.4 Å². The van der Waals surface area contributed by atoms with Gasteiger partial charge in [-0.05, 0) is 26.8 Å². The highest BCUT2D eigenvalue weighted by atomic mass is 16.6. The number of nitrogens with zero attached hydrogens (tertiary/aromatic N) is 1. The van der Waals surface area contributed by atoms with Crippen molar-refractivity contribution in [2.75, 3.05) is 25.6 Å². The molecule has 1 aromatic carbocycles. The summed E-state index contributed by atoms with van der Waals surface area (Å²) >= 11 is 0. The Labute approximate surface area is 123 Å². The van der Waals surface area contributed by atoms with Crippen molar-refractivity contribution in [1.82, 2.24) is 5.32 Å². The molecule has 0 unspecified atom stereocenters. The largest absolute Gasteiger partial charge is 0.382 e. The maximum atomic E-state index is 12.4. The van der Waals surface area contributed by atoms with Crippen molar-refractivity contribution in [3.8, 4) is 0 Å². The maximum Gasteiger partial charge on any atom is 0.293 e. The lowest BCUT2D eigenvalue weighted by atomic mass is 10.0. The summed E-state index contributed by atoms with van der Waals surface area (Å²) in [6, 6.07) is 4.43. The van der Waals surface area contributed by atoms with Crippen molar-refractivity contribution in [2.24, 2.45) is 0 Å². The predicted molar refractivity (Wildman–Crippen MR) is 80.7 cm³/mol. The van der Waals surface area contributed by atoms with Gasteiger partial charge in [0.25, 0.3) is 11.6 Å². The fraction of sp³-hybridized carbons (Fsp3) is 0.500. The molecule has 0 spiro atoms. The van der Waals surface area contributed by atoms with Crippen LogP contribution in [-0.2, 0) is 4.74 Å². The van der Waals surface area contributed by atoms with Crippen LogP contribution in [0.1, 0.15) is 31.1 Å². The highest BCUT2D eigenvalue weighted by Crippen LogP contribution is 2.28. The third-order valence-corrected chi connectivity index (χ3v) is 2.79. The molecule has 0 bridgehead atoms. The molecule has 0 aromatic heterocycles. The van der Waals surface area contributed by atoms with Crippen LogP contribution in [0.5, 0.6) is 0 Å². The monoisotopic (exact) mass is 295 g/mol. The van der Waals surface area contributed by atoms with Gasteiger partial charge in [0, 0.05) is 19.7 Å². The van der Waals surface area contributed by atoms with Crippen molar-refractivity contribution in [2.45, 2.75) is 26.3 Å². The van der Waals surface area contributed by atoms with Crippen molar-refractivity contribution < 1.29 is 14.5 Å². The second-order valence-corrected chi connectivity index (χ2v) is 5.26. The van der Waals surface area contributed by atoms with Crippen molar-refractivity contribution in [1.29, 1.82) is 0 Å². The van der Waals surface area contributed by atoms with Gasteiger partial charge < -0.3 is 15.4 Å². The molecule has 0 saturated carbocycles. The van der Waals surface area contributed by atoms with Gasteiger partial charge in [0.05, 0.1) is 22.6 Å². The first kappa shape index (κ1) is 16.9. The van der Waals surface area contributed by atoms with Gasteiger partial charge in [0.15, 0.2) is 0 Å². The van der Waals surface area contributed by atoms with Crippen LogP contribution in [0.25, 0.3) is 0 Å². The number of hydrogen-bond donors (Lipinski definition) is 2. The van der Waals surface area contributed by atoms with Gasteiger partial charge in [0.1, 0.15) is 5.69 Å². The Bertz CT molecular complexity index is 529. The summed E-state index contributed by atoms with van der Waals surface area (Å²) in [5, 5.41) is 16.8. The summed E-state index contributed by atoms with van der Waals surface area (Å²) in [4.78, 5) is 22.9. The average molecular weight is 295 g/mol. The van der Waals surface area contributed by atoms with Gasteiger partial charge in [-0.15, -0.1) is 0 Å². The number of nitro groups is 1. The van der Waals surface area contributed by atoms with Crippen LogP contribution in [-0.4, -0.2) is 36.6 Å². The molecule has 0 aliphatic rings. The van der Waals surface area contributed by atoms with E-state index in [0.29, 0.717) is 13.2 Å². The highest BCUT2D eigenvalue weighted by Gasteiger charge is 2.25. The minimum Gasteiger partial charge on any atom is -0.382 e. The molecule has 1 amide bonds. The molecule has 0 radical (unpaired) electrons. The Morgan fingerprint density at radius 2 is 2.10 bits per heavy atom. The number of benzene rings is 1. The van der Waals surface area contributed by atoms with Gasteiger partial charge in [-0.2, -0.15) is 0 Å². The number of carbonyl (C=O) groups excluding carboxylic acids is 1. The second-order valence-electron chi connectivity index (χ2n) is 5.26. The molecule has 0 aliphatic carbocycles. The molecule has 116 valence electrons. The lowest BCUT2D eigenvalue weighted by Crippen LogP contribution is -2.46. The van der Waals surface area contributed by atoms with E-state index in [1.165, 1.54) is 12.1 Å². The molecule has 2 N–H and O–H groups in total. The van der Waals surface area contributed by atoms with Crippen LogP contribution in [0, 0.1) is 10.1 Å². The third-order valence-electron chi connectivity index (χ3n) is 2.79. The van der Waals surface area contributed by atoms with E-state index >= 15 is 0 Å². The molecular weight excluding hydrogens is 274 g/mol. The number of rotatable bonds is 7. The van der Waals surface area contributed by atoms with Gasteiger partial charge in [-0.3, -0.25) is 14.9 Å². The molecule has 21 heavy (non-hydrogen) atoms. The van der Waals surface area contributed by atoms with E-state index in [1.54, 1.807) is 13.2 Å². The fourth-order valence-electron chi connectivity index (χ4n) is 2.02. The number of ether oxygens (including phenoxy) is 1. The highest BCUT2D eigenvalue weighted by molar-refractivity contribution is 6.02. The summed E-state index contributed by atoms with van der Waals surface area (Å²) < 4.78 is 5.04. The Morgan fingerprint density at radius 3 is 2.62 bits per heavy atom. The van der Waals surface area contributed by atoms with E-state index in [0.717, 1.165) is 0 Å². The zero-order valence-corrected chi connectivity index (χ0v) is 12.7.